The maximum absolute atomic E-state index is 12.7. The quantitative estimate of drug-likeness (QED) is 0.905. The Labute approximate surface area is 155 Å². The van der Waals surface area contributed by atoms with Crippen molar-refractivity contribution in [3.63, 3.8) is 0 Å². The molecule has 1 N–H and O–H groups in total. The molecule has 1 aliphatic heterocycles. The SMILES string of the molecule is CO[C@@]12C(C)CC(=O)C[C@@]13CCN(CC1CC1)[C@@H]2Cc1ccc(O)cc13. The average molecular weight is 355 g/mol. The van der Waals surface area contributed by atoms with Crippen LogP contribution in [-0.2, 0) is 21.4 Å². The van der Waals surface area contributed by atoms with Gasteiger partial charge in [0.25, 0.3) is 0 Å². The Morgan fingerprint density at radius 1 is 1.31 bits per heavy atom. The van der Waals surface area contributed by atoms with Crippen LogP contribution >= 0.6 is 0 Å². The zero-order valence-corrected chi connectivity index (χ0v) is 15.8. The van der Waals surface area contributed by atoms with E-state index < -0.39 is 0 Å². The summed E-state index contributed by atoms with van der Waals surface area (Å²) in [5, 5.41) is 10.2. The van der Waals surface area contributed by atoms with Crippen molar-refractivity contribution in [2.24, 2.45) is 11.8 Å². The minimum Gasteiger partial charge on any atom is -0.508 e. The monoisotopic (exact) mass is 355 g/mol. The Balaban J connectivity index is 1.71. The second-order valence-corrected chi connectivity index (χ2v) is 9.15. The van der Waals surface area contributed by atoms with Gasteiger partial charge in [-0.25, -0.2) is 0 Å². The topological polar surface area (TPSA) is 49.8 Å². The molecule has 1 aromatic rings. The van der Waals surface area contributed by atoms with Gasteiger partial charge in [0.2, 0.25) is 0 Å². The van der Waals surface area contributed by atoms with Gasteiger partial charge in [0.1, 0.15) is 11.5 Å². The van der Waals surface area contributed by atoms with Gasteiger partial charge in [0.15, 0.2) is 0 Å². The van der Waals surface area contributed by atoms with Crippen LogP contribution in [0.15, 0.2) is 18.2 Å². The molecule has 4 aliphatic rings. The molecule has 4 heteroatoms. The van der Waals surface area contributed by atoms with E-state index in [9.17, 15) is 9.90 Å². The van der Waals surface area contributed by atoms with E-state index in [4.69, 9.17) is 4.74 Å². The number of carbonyl (C=O) groups excluding carboxylic acids is 1. The molecule has 26 heavy (non-hydrogen) atoms. The molecule has 3 aliphatic carbocycles. The number of Topliss-reactive ketones (excluding diaryl/α,β-unsaturated/α-hetero) is 1. The molecule has 4 atom stereocenters. The fourth-order valence-electron chi connectivity index (χ4n) is 6.70. The van der Waals surface area contributed by atoms with Crippen molar-refractivity contribution < 1.29 is 14.6 Å². The van der Waals surface area contributed by atoms with Gasteiger partial charge in [-0.2, -0.15) is 0 Å². The van der Waals surface area contributed by atoms with E-state index in [1.54, 1.807) is 6.07 Å². The molecule has 4 nitrogen and oxygen atoms in total. The summed E-state index contributed by atoms with van der Waals surface area (Å²) in [6.07, 6.45) is 5.76. The van der Waals surface area contributed by atoms with Gasteiger partial charge in [-0.1, -0.05) is 13.0 Å². The van der Waals surface area contributed by atoms with Gasteiger partial charge in [0.05, 0.1) is 5.60 Å². The highest BCUT2D eigenvalue weighted by Gasteiger charge is 2.68. The molecule has 1 aromatic carbocycles. The first-order valence-corrected chi connectivity index (χ1v) is 10.1. The lowest BCUT2D eigenvalue weighted by molar-refractivity contribution is -0.210. The average Bonchev–Trinajstić information content (AvgIpc) is 3.42. The fraction of sp³-hybridized carbons (Fsp3) is 0.682. The van der Waals surface area contributed by atoms with Crippen molar-refractivity contribution >= 4 is 5.78 Å². The van der Waals surface area contributed by atoms with Gasteiger partial charge in [-0.05, 0) is 67.3 Å². The zero-order chi connectivity index (χ0) is 18.1. The minimum atomic E-state index is -0.338. The van der Waals surface area contributed by atoms with Crippen LogP contribution in [0.25, 0.3) is 0 Å². The highest BCUT2D eigenvalue weighted by molar-refractivity contribution is 5.83. The molecular formula is C22H29NO3. The first-order chi connectivity index (χ1) is 12.5. The Kier molecular flexibility index (Phi) is 3.58. The van der Waals surface area contributed by atoms with Crippen molar-refractivity contribution in [3.05, 3.63) is 29.3 Å². The number of ketones is 1. The number of piperidine rings is 1. The molecule has 2 saturated carbocycles. The number of hydrogen-bond acceptors (Lipinski definition) is 4. The van der Waals surface area contributed by atoms with Crippen LogP contribution in [0.3, 0.4) is 0 Å². The van der Waals surface area contributed by atoms with Crippen LogP contribution in [-0.4, -0.2) is 47.6 Å². The predicted octanol–water partition coefficient (Wildman–Crippen LogP) is 3.05. The van der Waals surface area contributed by atoms with E-state index >= 15 is 0 Å². The van der Waals surface area contributed by atoms with Crippen molar-refractivity contribution in [1.29, 1.82) is 0 Å². The summed E-state index contributed by atoms with van der Waals surface area (Å²) in [4.78, 5) is 15.4. The first kappa shape index (κ1) is 16.8. The number of benzene rings is 1. The van der Waals surface area contributed by atoms with Crippen molar-refractivity contribution in [1.82, 2.24) is 4.90 Å². The molecule has 0 amide bonds. The Bertz CT molecular complexity index is 758. The Hall–Kier alpha value is -1.39. The van der Waals surface area contributed by atoms with E-state index in [1.165, 1.54) is 30.5 Å². The van der Waals surface area contributed by atoms with E-state index in [0.717, 1.165) is 25.3 Å². The molecule has 0 aromatic heterocycles. The van der Waals surface area contributed by atoms with Crippen molar-refractivity contribution in [2.75, 3.05) is 20.2 Å². The molecule has 1 saturated heterocycles. The van der Waals surface area contributed by atoms with Crippen LogP contribution in [0.4, 0.5) is 0 Å². The summed E-state index contributed by atoms with van der Waals surface area (Å²) in [6, 6.07) is 6.11. The normalized spacial score (nSPS) is 39.4. The number of methoxy groups -OCH3 is 1. The van der Waals surface area contributed by atoms with Gasteiger partial charge >= 0.3 is 0 Å². The Morgan fingerprint density at radius 3 is 2.85 bits per heavy atom. The highest BCUT2D eigenvalue weighted by Crippen LogP contribution is 2.61. The minimum absolute atomic E-state index is 0.191. The lowest BCUT2D eigenvalue weighted by Crippen LogP contribution is -2.76. The predicted molar refractivity (Wildman–Crippen MR) is 99.3 cm³/mol. The van der Waals surface area contributed by atoms with Gasteiger partial charge in [-0.15, -0.1) is 0 Å². The highest BCUT2D eigenvalue weighted by atomic mass is 16.5. The second kappa shape index (κ2) is 5.56. The van der Waals surface area contributed by atoms with E-state index in [1.807, 2.05) is 13.2 Å². The third kappa shape index (κ3) is 2.06. The number of carbonyl (C=O) groups is 1. The van der Waals surface area contributed by atoms with Gasteiger partial charge in [-0.3, -0.25) is 9.69 Å². The van der Waals surface area contributed by atoms with Gasteiger partial charge in [0, 0.05) is 38.0 Å². The summed E-state index contributed by atoms with van der Waals surface area (Å²) in [6.45, 7) is 4.40. The number of hydrogen-bond donors (Lipinski definition) is 1. The van der Waals surface area contributed by atoms with Crippen molar-refractivity contribution in [3.8, 4) is 5.75 Å². The molecule has 140 valence electrons. The van der Waals surface area contributed by atoms with E-state index in [0.29, 0.717) is 30.4 Å². The number of nitrogens with zero attached hydrogens (tertiary/aromatic N) is 1. The molecule has 0 radical (unpaired) electrons. The van der Waals surface area contributed by atoms with E-state index in [2.05, 4.69) is 17.9 Å². The summed E-state index contributed by atoms with van der Waals surface area (Å²) in [7, 11) is 1.85. The lowest BCUT2D eigenvalue weighted by atomic mass is 9.46. The number of phenolic OH excluding ortho intramolecular Hbond substituents is 1. The number of phenols is 1. The zero-order valence-electron chi connectivity index (χ0n) is 15.8. The number of rotatable bonds is 3. The van der Waals surface area contributed by atoms with Crippen LogP contribution in [0.5, 0.6) is 5.75 Å². The summed E-state index contributed by atoms with van der Waals surface area (Å²) in [5.41, 5.74) is 1.83. The molecular weight excluding hydrogens is 326 g/mol. The van der Waals surface area contributed by atoms with Crippen LogP contribution in [0.2, 0.25) is 0 Å². The fourth-order valence-corrected chi connectivity index (χ4v) is 6.70. The smallest absolute Gasteiger partial charge is 0.134 e. The standard InChI is InChI=1S/C22H29NO3/c1-14-9-18(25)12-21-7-8-23(13-15-3-4-15)20(22(14,21)26-2)10-16-5-6-17(24)11-19(16)21/h5-6,11,14-15,20,24H,3-4,7-10,12-13H2,1-2H3/t14?,20-,21-,22-/m1/s1. The number of aromatic hydroxyl groups is 1. The number of likely N-dealkylation sites (tertiary alicyclic amines) is 1. The van der Waals surface area contributed by atoms with Crippen LogP contribution < -0.4 is 0 Å². The largest absolute Gasteiger partial charge is 0.508 e. The van der Waals surface area contributed by atoms with Crippen LogP contribution in [0.1, 0.15) is 50.2 Å². The van der Waals surface area contributed by atoms with Crippen molar-refractivity contribution in [2.45, 2.75) is 62.5 Å². The van der Waals surface area contributed by atoms with E-state index in [-0.39, 0.29) is 16.9 Å². The number of ether oxygens (including phenoxy) is 1. The molecule has 3 fully saturated rings. The molecule has 2 bridgehead atoms. The first-order valence-electron chi connectivity index (χ1n) is 10.1. The maximum atomic E-state index is 12.7. The molecule has 1 unspecified atom stereocenters. The Morgan fingerprint density at radius 2 is 2.12 bits per heavy atom. The third-order valence-corrected chi connectivity index (χ3v) is 7.82. The van der Waals surface area contributed by atoms with Gasteiger partial charge < -0.3 is 9.84 Å². The summed E-state index contributed by atoms with van der Waals surface area (Å²) < 4.78 is 6.45. The summed E-state index contributed by atoms with van der Waals surface area (Å²) >= 11 is 0. The number of fused-ring (bicyclic) bond motifs is 1. The van der Waals surface area contributed by atoms with Crippen LogP contribution in [0, 0.1) is 11.8 Å². The summed E-state index contributed by atoms with van der Waals surface area (Å²) in [5.74, 6) is 1.68. The second-order valence-electron chi connectivity index (χ2n) is 9.15. The lowest BCUT2D eigenvalue weighted by Gasteiger charge is -2.67. The third-order valence-electron chi connectivity index (χ3n) is 7.82. The molecule has 0 spiro atoms. The molecule has 1 heterocycles. The maximum Gasteiger partial charge on any atom is 0.134 e. The molecule has 5 rings (SSSR count).